The van der Waals surface area contributed by atoms with Crippen LogP contribution in [0.5, 0.6) is 0 Å². The molecule has 1 N–H and O–H groups in total. The summed E-state index contributed by atoms with van der Waals surface area (Å²) < 4.78 is 22.2. The lowest BCUT2D eigenvalue weighted by molar-refractivity contribution is -0.115. The van der Waals surface area contributed by atoms with Crippen LogP contribution in [-0.2, 0) is 20.3 Å². The Balaban J connectivity index is 2.64. The second-order valence-corrected chi connectivity index (χ2v) is 5.74. The van der Waals surface area contributed by atoms with Gasteiger partial charge < -0.3 is 5.32 Å². The van der Waals surface area contributed by atoms with Crippen molar-refractivity contribution in [3.8, 4) is 0 Å². The maximum absolute atomic E-state index is 11.1. The van der Waals surface area contributed by atoms with E-state index < -0.39 is 9.05 Å². The highest BCUT2D eigenvalue weighted by molar-refractivity contribution is 8.13. The number of carbonyl (C=O) groups excluding carboxylic acids is 1. The number of fused-ring (bicyclic) bond motifs is 1. The maximum Gasteiger partial charge on any atom is 0.260 e. The van der Waals surface area contributed by atoms with E-state index in [-0.39, 0.29) is 22.7 Å². The summed E-state index contributed by atoms with van der Waals surface area (Å²) in [5.41, 5.74) is 1.17. The SMILES string of the molecule is [B]c1cc2c(cc1S(=O)(=O)Cl)CC(=O)N2. The van der Waals surface area contributed by atoms with Gasteiger partial charge in [-0.15, -0.1) is 0 Å². The average Bonchev–Trinajstić information content (AvgIpc) is 2.40. The lowest BCUT2D eigenvalue weighted by Gasteiger charge is -2.05. The standard InChI is InChI=1S/C8H5BClNO3S/c9-5-3-6-4(2-8(12)11-6)1-7(5)15(10,13)14/h1,3H,2H2,(H,11,12). The molecule has 0 bridgehead atoms. The average molecular weight is 241 g/mol. The Morgan fingerprint density at radius 3 is 2.67 bits per heavy atom. The molecule has 0 aromatic heterocycles. The molecule has 76 valence electrons. The summed E-state index contributed by atoms with van der Waals surface area (Å²) in [4.78, 5) is 10.9. The molecule has 1 aliphatic rings. The predicted octanol–water partition coefficient (Wildman–Crippen LogP) is -0.0975. The van der Waals surface area contributed by atoms with Crippen LogP contribution in [0.15, 0.2) is 17.0 Å². The van der Waals surface area contributed by atoms with Gasteiger partial charge in [-0.3, -0.25) is 4.79 Å². The van der Waals surface area contributed by atoms with E-state index >= 15 is 0 Å². The molecule has 0 aliphatic carbocycles. The van der Waals surface area contributed by atoms with Crippen molar-refractivity contribution in [2.24, 2.45) is 0 Å². The van der Waals surface area contributed by atoms with Crippen LogP contribution in [0.3, 0.4) is 0 Å². The normalized spacial score (nSPS) is 14.9. The van der Waals surface area contributed by atoms with Gasteiger partial charge in [0.2, 0.25) is 5.91 Å². The van der Waals surface area contributed by atoms with Crippen molar-refractivity contribution >= 4 is 44.6 Å². The minimum Gasteiger partial charge on any atom is -0.326 e. The molecule has 0 atom stereocenters. The van der Waals surface area contributed by atoms with Crippen LogP contribution in [0.4, 0.5) is 5.69 Å². The highest BCUT2D eigenvalue weighted by Gasteiger charge is 2.22. The zero-order valence-corrected chi connectivity index (χ0v) is 9.02. The van der Waals surface area contributed by atoms with E-state index in [9.17, 15) is 13.2 Å². The van der Waals surface area contributed by atoms with Crippen LogP contribution in [0.1, 0.15) is 5.56 Å². The van der Waals surface area contributed by atoms with Crippen LogP contribution in [0.25, 0.3) is 0 Å². The van der Waals surface area contributed by atoms with Gasteiger partial charge in [0.05, 0.1) is 11.3 Å². The topological polar surface area (TPSA) is 63.2 Å². The van der Waals surface area contributed by atoms with Crippen molar-refractivity contribution in [2.45, 2.75) is 11.3 Å². The fourth-order valence-corrected chi connectivity index (χ4v) is 2.50. The third kappa shape index (κ3) is 1.87. The van der Waals surface area contributed by atoms with Gasteiger partial charge in [0.25, 0.3) is 9.05 Å². The van der Waals surface area contributed by atoms with E-state index in [0.717, 1.165) is 0 Å². The number of benzene rings is 1. The van der Waals surface area contributed by atoms with E-state index in [1.165, 1.54) is 12.1 Å². The van der Waals surface area contributed by atoms with Crippen molar-refractivity contribution in [2.75, 3.05) is 5.32 Å². The number of rotatable bonds is 1. The van der Waals surface area contributed by atoms with Crippen LogP contribution in [-0.4, -0.2) is 22.2 Å². The third-order valence-corrected chi connectivity index (χ3v) is 3.50. The second-order valence-electron chi connectivity index (χ2n) is 3.21. The summed E-state index contributed by atoms with van der Waals surface area (Å²) in [6.07, 6.45) is 0.148. The third-order valence-electron chi connectivity index (χ3n) is 2.12. The molecule has 2 radical (unpaired) electrons. The monoisotopic (exact) mass is 241 g/mol. The van der Waals surface area contributed by atoms with Gasteiger partial charge in [-0.05, 0) is 17.7 Å². The molecule has 4 nitrogen and oxygen atoms in total. The first-order valence-corrected chi connectivity index (χ1v) is 6.36. The molecule has 7 heteroatoms. The van der Waals surface area contributed by atoms with Gasteiger partial charge >= 0.3 is 0 Å². The molecule has 0 spiro atoms. The Morgan fingerprint density at radius 2 is 2.07 bits per heavy atom. The van der Waals surface area contributed by atoms with E-state index in [1.54, 1.807) is 0 Å². The minimum absolute atomic E-state index is 0.0333. The molecule has 15 heavy (non-hydrogen) atoms. The predicted molar refractivity (Wildman–Crippen MR) is 57.2 cm³/mol. The van der Waals surface area contributed by atoms with Crippen LogP contribution in [0, 0.1) is 0 Å². The Bertz CT molecular complexity index is 555. The molecule has 1 aliphatic heterocycles. The summed E-state index contributed by atoms with van der Waals surface area (Å²) in [5, 5.41) is 2.56. The summed E-state index contributed by atoms with van der Waals surface area (Å²) in [5.74, 6) is -0.187. The molecule has 0 saturated heterocycles. The molecule has 0 unspecified atom stereocenters. The van der Waals surface area contributed by atoms with Gasteiger partial charge in [-0.1, -0.05) is 5.46 Å². The lowest BCUT2D eigenvalue weighted by Crippen LogP contribution is -2.13. The van der Waals surface area contributed by atoms with E-state index in [2.05, 4.69) is 5.32 Å². The number of amides is 1. The van der Waals surface area contributed by atoms with Gasteiger partial charge in [-0.2, -0.15) is 0 Å². The van der Waals surface area contributed by atoms with Crippen molar-refractivity contribution in [3.63, 3.8) is 0 Å². The number of halogens is 1. The van der Waals surface area contributed by atoms with Crippen molar-refractivity contribution < 1.29 is 13.2 Å². The van der Waals surface area contributed by atoms with E-state index in [4.69, 9.17) is 18.5 Å². The van der Waals surface area contributed by atoms with Crippen LogP contribution >= 0.6 is 10.7 Å². The molecule has 1 aromatic carbocycles. The number of carbonyl (C=O) groups is 1. The highest BCUT2D eigenvalue weighted by atomic mass is 35.7. The lowest BCUT2D eigenvalue weighted by atomic mass is 9.94. The zero-order valence-electron chi connectivity index (χ0n) is 7.45. The van der Waals surface area contributed by atoms with Crippen LogP contribution in [0.2, 0.25) is 0 Å². The summed E-state index contributed by atoms with van der Waals surface area (Å²) in [7, 11) is 6.83. The largest absolute Gasteiger partial charge is 0.326 e. The van der Waals surface area contributed by atoms with Crippen molar-refractivity contribution in [3.05, 3.63) is 17.7 Å². The Hall–Kier alpha value is -1.01. The molecule has 0 fully saturated rings. The molecule has 2 rings (SSSR count). The summed E-state index contributed by atoms with van der Waals surface area (Å²) in [6.45, 7) is 0. The zero-order chi connectivity index (χ0) is 11.2. The first-order valence-electron chi connectivity index (χ1n) is 4.05. The van der Waals surface area contributed by atoms with Gasteiger partial charge in [-0.25, -0.2) is 8.42 Å². The Morgan fingerprint density at radius 1 is 1.40 bits per heavy atom. The fourth-order valence-electron chi connectivity index (χ4n) is 1.48. The minimum atomic E-state index is -3.86. The molecule has 0 saturated carbocycles. The van der Waals surface area contributed by atoms with Crippen molar-refractivity contribution in [1.29, 1.82) is 0 Å². The highest BCUT2D eigenvalue weighted by Crippen LogP contribution is 2.25. The summed E-state index contributed by atoms with van der Waals surface area (Å²) in [6, 6.07) is 2.72. The first-order chi connectivity index (χ1) is 6.88. The molecule has 1 heterocycles. The molecular formula is C8H5BClNO3S. The van der Waals surface area contributed by atoms with E-state index in [0.29, 0.717) is 11.3 Å². The smallest absolute Gasteiger partial charge is 0.260 e. The van der Waals surface area contributed by atoms with Gasteiger partial charge in [0.1, 0.15) is 7.85 Å². The summed E-state index contributed by atoms with van der Waals surface area (Å²) >= 11 is 0. The Labute approximate surface area is 92.5 Å². The molecular weight excluding hydrogens is 236 g/mol. The second kappa shape index (κ2) is 3.25. The number of nitrogens with one attached hydrogen (secondary N) is 1. The quantitative estimate of drug-likeness (QED) is 0.552. The Kier molecular flexibility index (Phi) is 2.28. The fraction of sp³-hybridized carbons (Fsp3) is 0.125. The van der Waals surface area contributed by atoms with Crippen molar-refractivity contribution in [1.82, 2.24) is 0 Å². The maximum atomic E-state index is 11.1. The number of anilines is 1. The van der Waals surface area contributed by atoms with Crippen LogP contribution < -0.4 is 10.8 Å². The van der Waals surface area contributed by atoms with Gasteiger partial charge in [0, 0.05) is 16.4 Å². The first kappa shape index (κ1) is 10.5. The van der Waals surface area contributed by atoms with Gasteiger partial charge in [0.15, 0.2) is 0 Å². The molecule has 1 aromatic rings. The number of hydrogen-bond acceptors (Lipinski definition) is 3. The van der Waals surface area contributed by atoms with E-state index in [1.807, 2.05) is 0 Å². The molecule has 1 amide bonds. The number of hydrogen-bond donors (Lipinski definition) is 1.